The number of nitrogens with zero attached hydrogens (tertiary/aromatic N) is 2. The van der Waals surface area contributed by atoms with Gasteiger partial charge < -0.3 is 19.5 Å². The van der Waals surface area contributed by atoms with E-state index in [2.05, 4.69) is 4.90 Å². The molecule has 3 rings (SSSR count). The van der Waals surface area contributed by atoms with Gasteiger partial charge in [-0.15, -0.1) is 0 Å². The lowest BCUT2D eigenvalue weighted by atomic mass is 10.1. The number of hydrogen-bond acceptors (Lipinski definition) is 5. The molecule has 0 spiro atoms. The van der Waals surface area contributed by atoms with E-state index in [0.29, 0.717) is 25.4 Å². The lowest BCUT2D eigenvalue weighted by molar-refractivity contribution is -0.139. The Morgan fingerprint density at radius 3 is 2.45 bits per heavy atom. The molecule has 2 aromatic carbocycles. The quantitative estimate of drug-likeness (QED) is 0.728. The van der Waals surface area contributed by atoms with Gasteiger partial charge in [0.1, 0.15) is 22.9 Å². The minimum Gasteiger partial charge on any atom is -0.497 e. The zero-order chi connectivity index (χ0) is 22.5. The highest BCUT2D eigenvalue weighted by molar-refractivity contribution is 5.91. The smallest absolute Gasteiger partial charge is 0.339 e. The van der Waals surface area contributed by atoms with Crippen LogP contribution in [0, 0.1) is 5.82 Å². The fourth-order valence-electron chi connectivity index (χ4n) is 3.74. The summed E-state index contributed by atoms with van der Waals surface area (Å²) in [7, 11) is 1.47. The van der Waals surface area contributed by atoms with Crippen molar-refractivity contribution in [1.82, 2.24) is 9.80 Å². The molecule has 0 aliphatic carbocycles. The second kappa shape index (κ2) is 9.78. The fraction of sp³-hybridized carbons (Fsp3) is 0.391. The maximum absolute atomic E-state index is 13.1. The van der Waals surface area contributed by atoms with Crippen LogP contribution in [0.3, 0.4) is 0 Å². The Hall–Kier alpha value is -3.13. The number of piperazine rings is 1. The first kappa shape index (κ1) is 22.6. The van der Waals surface area contributed by atoms with Crippen LogP contribution in [-0.4, -0.2) is 65.7 Å². The Morgan fingerprint density at radius 1 is 1.10 bits per heavy atom. The van der Waals surface area contributed by atoms with E-state index in [9.17, 15) is 19.1 Å². The van der Waals surface area contributed by atoms with E-state index < -0.39 is 5.97 Å². The number of ether oxygens (including phenoxy) is 2. The molecule has 166 valence electrons. The van der Waals surface area contributed by atoms with Crippen molar-refractivity contribution in [2.24, 2.45) is 0 Å². The number of halogens is 1. The first-order valence-electron chi connectivity index (χ1n) is 10.1. The molecule has 7 nitrogen and oxygen atoms in total. The molecule has 1 aliphatic rings. The van der Waals surface area contributed by atoms with Gasteiger partial charge in [-0.1, -0.05) is 12.1 Å². The summed E-state index contributed by atoms with van der Waals surface area (Å²) in [6.45, 7) is 5.62. The van der Waals surface area contributed by atoms with Gasteiger partial charge in [0.15, 0.2) is 6.61 Å². The molecule has 0 bridgehead atoms. The van der Waals surface area contributed by atoms with Crippen molar-refractivity contribution in [2.45, 2.75) is 32.5 Å². The molecule has 0 aromatic heterocycles. The molecule has 31 heavy (non-hydrogen) atoms. The number of aromatic carboxylic acids is 1. The van der Waals surface area contributed by atoms with Gasteiger partial charge in [0.05, 0.1) is 7.11 Å². The highest BCUT2D eigenvalue weighted by Crippen LogP contribution is 2.25. The molecule has 1 fully saturated rings. The molecule has 1 saturated heterocycles. The third-order valence-electron chi connectivity index (χ3n) is 5.50. The molecule has 0 unspecified atom stereocenters. The Labute approximate surface area is 181 Å². The van der Waals surface area contributed by atoms with Gasteiger partial charge in [-0.2, -0.15) is 0 Å². The molecule has 2 aromatic rings. The highest BCUT2D eigenvalue weighted by Gasteiger charge is 2.32. The van der Waals surface area contributed by atoms with Crippen LogP contribution < -0.4 is 9.47 Å². The van der Waals surface area contributed by atoms with Gasteiger partial charge in [0, 0.05) is 37.8 Å². The molecule has 1 N–H and O–H groups in total. The summed E-state index contributed by atoms with van der Waals surface area (Å²) in [5.41, 5.74) is 0.988. The van der Waals surface area contributed by atoms with E-state index in [1.165, 1.54) is 37.4 Å². The number of carbonyl (C=O) groups excluding carboxylic acids is 1. The number of methoxy groups -OCH3 is 1. The summed E-state index contributed by atoms with van der Waals surface area (Å²) >= 11 is 0. The number of carboxylic acids is 1. The molecule has 1 heterocycles. The van der Waals surface area contributed by atoms with E-state index in [1.54, 1.807) is 17.0 Å². The van der Waals surface area contributed by atoms with Crippen molar-refractivity contribution in [2.75, 3.05) is 26.8 Å². The Bertz CT molecular complexity index is 934. The van der Waals surface area contributed by atoms with Crippen LogP contribution >= 0.6 is 0 Å². The Balaban J connectivity index is 1.62. The average Bonchev–Trinajstić information content (AvgIpc) is 2.75. The van der Waals surface area contributed by atoms with Crippen LogP contribution in [-0.2, 0) is 11.3 Å². The summed E-state index contributed by atoms with van der Waals surface area (Å²) in [6, 6.07) is 10.9. The van der Waals surface area contributed by atoms with E-state index in [1.807, 2.05) is 13.8 Å². The first-order chi connectivity index (χ1) is 14.8. The standard InChI is InChI=1S/C23H27FN2O5/c1-15-12-26(16(2)11-25(15)13-17-4-6-18(24)7-5-17)22(27)14-31-21-10-19(30-3)8-9-20(21)23(28)29/h4-10,15-16H,11-14H2,1-3H3,(H,28,29)/t15-,16+/m0/s1. The predicted molar refractivity (Wildman–Crippen MR) is 113 cm³/mol. The van der Waals surface area contributed by atoms with Crippen LogP contribution in [0.15, 0.2) is 42.5 Å². The lowest BCUT2D eigenvalue weighted by Crippen LogP contribution is -2.58. The summed E-state index contributed by atoms with van der Waals surface area (Å²) in [4.78, 5) is 28.3. The van der Waals surface area contributed by atoms with E-state index in [4.69, 9.17) is 9.47 Å². The summed E-state index contributed by atoms with van der Waals surface area (Å²) in [5, 5.41) is 9.34. The van der Waals surface area contributed by atoms with Crippen LogP contribution in [0.25, 0.3) is 0 Å². The molecule has 0 radical (unpaired) electrons. The van der Waals surface area contributed by atoms with Crippen LogP contribution in [0.1, 0.15) is 29.8 Å². The molecule has 0 saturated carbocycles. The van der Waals surface area contributed by atoms with Crippen LogP contribution in [0.5, 0.6) is 11.5 Å². The summed E-state index contributed by atoms with van der Waals surface area (Å²) in [6.07, 6.45) is 0. The van der Waals surface area contributed by atoms with Gasteiger partial charge in [0.25, 0.3) is 5.91 Å². The Morgan fingerprint density at radius 2 is 1.81 bits per heavy atom. The lowest BCUT2D eigenvalue weighted by Gasteiger charge is -2.44. The molecule has 8 heteroatoms. The number of carboxylic acid groups (broad SMARTS) is 1. The topological polar surface area (TPSA) is 79.3 Å². The number of carbonyl (C=O) groups is 2. The monoisotopic (exact) mass is 430 g/mol. The van der Waals surface area contributed by atoms with Crippen molar-refractivity contribution in [3.8, 4) is 11.5 Å². The van der Waals surface area contributed by atoms with E-state index in [0.717, 1.165) is 5.56 Å². The molecular weight excluding hydrogens is 403 g/mol. The highest BCUT2D eigenvalue weighted by atomic mass is 19.1. The normalized spacial score (nSPS) is 19.2. The maximum atomic E-state index is 13.1. The zero-order valence-corrected chi connectivity index (χ0v) is 17.9. The maximum Gasteiger partial charge on any atom is 0.339 e. The van der Waals surface area contributed by atoms with Crippen molar-refractivity contribution in [1.29, 1.82) is 0 Å². The second-order valence-electron chi connectivity index (χ2n) is 7.76. The minimum absolute atomic E-state index is 0.0286. The van der Waals surface area contributed by atoms with Gasteiger partial charge in [-0.3, -0.25) is 9.69 Å². The third-order valence-corrected chi connectivity index (χ3v) is 5.50. The van der Waals surface area contributed by atoms with Crippen molar-refractivity contribution >= 4 is 11.9 Å². The fourth-order valence-corrected chi connectivity index (χ4v) is 3.74. The zero-order valence-electron chi connectivity index (χ0n) is 17.9. The third kappa shape index (κ3) is 5.52. The van der Waals surface area contributed by atoms with Gasteiger partial charge in [-0.05, 0) is 43.7 Å². The van der Waals surface area contributed by atoms with Gasteiger partial charge >= 0.3 is 5.97 Å². The number of benzene rings is 2. The van der Waals surface area contributed by atoms with Crippen LogP contribution in [0.2, 0.25) is 0 Å². The average molecular weight is 430 g/mol. The SMILES string of the molecule is COc1ccc(C(=O)O)c(OCC(=O)N2C[C@H](C)N(Cc3ccc(F)cc3)C[C@H]2C)c1. The van der Waals surface area contributed by atoms with E-state index in [-0.39, 0.29) is 41.7 Å². The van der Waals surface area contributed by atoms with Crippen molar-refractivity contribution < 1.29 is 28.6 Å². The predicted octanol–water partition coefficient (Wildman–Crippen LogP) is 3.03. The summed E-state index contributed by atoms with van der Waals surface area (Å²) in [5.74, 6) is -1.07. The van der Waals surface area contributed by atoms with E-state index >= 15 is 0 Å². The minimum atomic E-state index is -1.14. The molecular formula is C23H27FN2O5. The Kier molecular flexibility index (Phi) is 7.12. The van der Waals surface area contributed by atoms with Crippen molar-refractivity contribution in [3.05, 3.63) is 59.4 Å². The molecule has 1 aliphatic heterocycles. The molecule has 2 atom stereocenters. The largest absolute Gasteiger partial charge is 0.497 e. The number of rotatable bonds is 7. The summed E-state index contributed by atoms with van der Waals surface area (Å²) < 4.78 is 23.8. The van der Waals surface area contributed by atoms with Gasteiger partial charge in [0.2, 0.25) is 0 Å². The molecule has 1 amide bonds. The first-order valence-corrected chi connectivity index (χ1v) is 10.1. The number of hydrogen-bond donors (Lipinski definition) is 1. The second-order valence-corrected chi connectivity index (χ2v) is 7.76. The van der Waals surface area contributed by atoms with Crippen LogP contribution in [0.4, 0.5) is 4.39 Å². The number of amides is 1. The van der Waals surface area contributed by atoms with Crippen molar-refractivity contribution in [3.63, 3.8) is 0 Å². The van der Waals surface area contributed by atoms with Gasteiger partial charge in [-0.25, -0.2) is 9.18 Å².